The van der Waals surface area contributed by atoms with E-state index in [1.807, 2.05) is 13.8 Å². The van der Waals surface area contributed by atoms with Crippen molar-refractivity contribution in [3.63, 3.8) is 0 Å². The van der Waals surface area contributed by atoms with E-state index in [0.717, 1.165) is 18.5 Å². The lowest BCUT2D eigenvalue weighted by Crippen LogP contribution is -2.35. The predicted molar refractivity (Wildman–Crippen MR) is 123 cm³/mol. The van der Waals surface area contributed by atoms with Crippen molar-refractivity contribution in [1.82, 2.24) is 14.7 Å². The van der Waals surface area contributed by atoms with Crippen molar-refractivity contribution in [3.05, 3.63) is 71.4 Å². The van der Waals surface area contributed by atoms with Gasteiger partial charge in [-0.25, -0.2) is 13.5 Å². The largest absolute Gasteiger partial charge is 0.435 e. The lowest BCUT2D eigenvalue weighted by atomic mass is 10.2. The third-order valence-corrected chi connectivity index (χ3v) is 5.16. The van der Waals surface area contributed by atoms with Crippen LogP contribution in [0.3, 0.4) is 0 Å². The zero-order chi connectivity index (χ0) is 23.8. The molecule has 6 nitrogen and oxygen atoms in total. The molecule has 1 aromatic heterocycles. The van der Waals surface area contributed by atoms with Gasteiger partial charge in [0.1, 0.15) is 5.82 Å². The van der Waals surface area contributed by atoms with Crippen LogP contribution in [-0.4, -0.2) is 52.2 Å². The number of hydrogen-bond donors (Lipinski definition) is 1. The molecule has 0 radical (unpaired) electrons. The van der Waals surface area contributed by atoms with Gasteiger partial charge < -0.3 is 14.6 Å². The Kier molecular flexibility index (Phi) is 8.94. The molecule has 0 unspecified atom stereocenters. The second-order valence-corrected chi connectivity index (χ2v) is 7.84. The number of aryl methyl sites for hydroxylation is 1. The van der Waals surface area contributed by atoms with Crippen molar-refractivity contribution < 1.29 is 23.4 Å². The van der Waals surface area contributed by atoms with E-state index >= 15 is 0 Å². The maximum atomic E-state index is 14.4. The molecule has 3 rings (SSSR count). The summed E-state index contributed by atoms with van der Waals surface area (Å²) < 4.78 is 40.9. The Balaban J connectivity index is 1.98. The first-order valence-electron chi connectivity index (χ1n) is 11.2. The Morgan fingerprint density at radius 2 is 1.82 bits per heavy atom. The monoisotopic (exact) mass is 459 g/mol. The zero-order valence-electron chi connectivity index (χ0n) is 19.3. The minimum atomic E-state index is -0.639. The van der Waals surface area contributed by atoms with E-state index in [1.54, 1.807) is 35.0 Å². The molecule has 1 heterocycles. The number of rotatable bonds is 12. The Hall–Kier alpha value is -2.81. The average molecular weight is 460 g/mol. The smallest absolute Gasteiger partial charge is 0.227 e. The minimum absolute atomic E-state index is 0.0698. The van der Waals surface area contributed by atoms with E-state index in [1.165, 1.54) is 18.2 Å². The first-order chi connectivity index (χ1) is 15.9. The van der Waals surface area contributed by atoms with Gasteiger partial charge in [0.25, 0.3) is 0 Å². The van der Waals surface area contributed by atoms with E-state index in [0.29, 0.717) is 37.0 Å². The number of hydrogen-bond acceptors (Lipinski definition) is 5. The van der Waals surface area contributed by atoms with Gasteiger partial charge in [0.2, 0.25) is 5.88 Å². The molecule has 0 aliphatic heterocycles. The molecule has 0 amide bonds. The third-order valence-electron chi connectivity index (χ3n) is 5.16. The summed E-state index contributed by atoms with van der Waals surface area (Å²) in [4.78, 5) is 2.09. The Bertz CT molecular complexity index is 1020. The molecule has 0 fully saturated rings. The van der Waals surface area contributed by atoms with Crippen LogP contribution in [0.2, 0.25) is 0 Å². The molecule has 0 aliphatic rings. The summed E-state index contributed by atoms with van der Waals surface area (Å²) in [6.07, 6.45) is 0.246. The van der Waals surface area contributed by atoms with Crippen LogP contribution in [0.15, 0.2) is 48.5 Å². The molecule has 0 saturated carbocycles. The maximum Gasteiger partial charge on any atom is 0.227 e. The van der Waals surface area contributed by atoms with Crippen LogP contribution in [0.1, 0.15) is 31.5 Å². The van der Waals surface area contributed by atoms with Crippen molar-refractivity contribution in [3.8, 4) is 17.3 Å². The number of aliphatic hydroxyl groups excluding tert-OH is 1. The van der Waals surface area contributed by atoms with E-state index in [2.05, 4.69) is 16.9 Å². The van der Waals surface area contributed by atoms with Crippen LogP contribution in [0, 0.1) is 18.6 Å². The molecule has 8 heteroatoms. The molecule has 0 bridgehead atoms. The summed E-state index contributed by atoms with van der Waals surface area (Å²) in [5, 5.41) is 15.0. The van der Waals surface area contributed by atoms with Gasteiger partial charge in [-0.15, -0.1) is 0 Å². The highest BCUT2D eigenvalue weighted by Gasteiger charge is 2.23. The Labute approximate surface area is 193 Å². The molecule has 1 atom stereocenters. The van der Waals surface area contributed by atoms with Gasteiger partial charge in [0.05, 0.1) is 29.7 Å². The summed E-state index contributed by atoms with van der Waals surface area (Å²) in [6, 6.07) is 12.0. The van der Waals surface area contributed by atoms with Crippen molar-refractivity contribution in [2.45, 2.75) is 39.8 Å². The molecule has 178 valence electrons. The Morgan fingerprint density at radius 3 is 2.48 bits per heavy atom. The van der Waals surface area contributed by atoms with Crippen LogP contribution in [0.25, 0.3) is 5.69 Å². The first kappa shape index (κ1) is 24.8. The molecule has 33 heavy (non-hydrogen) atoms. The normalized spacial score (nSPS) is 12.3. The average Bonchev–Trinajstić information content (AvgIpc) is 3.09. The number of para-hydroxylation sites is 1. The molecular formula is C25H31F2N3O3. The quantitative estimate of drug-likeness (QED) is 0.419. The third kappa shape index (κ3) is 6.60. The fourth-order valence-electron chi connectivity index (χ4n) is 3.59. The Morgan fingerprint density at radius 1 is 1.09 bits per heavy atom. The van der Waals surface area contributed by atoms with Crippen molar-refractivity contribution in [2.75, 3.05) is 26.3 Å². The van der Waals surface area contributed by atoms with Crippen molar-refractivity contribution >= 4 is 0 Å². The second-order valence-electron chi connectivity index (χ2n) is 7.84. The van der Waals surface area contributed by atoms with Gasteiger partial charge in [-0.05, 0) is 63.2 Å². The minimum Gasteiger partial charge on any atom is -0.435 e. The van der Waals surface area contributed by atoms with Gasteiger partial charge in [-0.1, -0.05) is 19.1 Å². The highest BCUT2D eigenvalue weighted by molar-refractivity contribution is 5.43. The fourth-order valence-corrected chi connectivity index (χ4v) is 3.59. The van der Waals surface area contributed by atoms with Gasteiger partial charge in [0.15, 0.2) is 11.6 Å². The van der Waals surface area contributed by atoms with Crippen LogP contribution < -0.4 is 4.74 Å². The predicted octanol–water partition coefficient (Wildman–Crippen LogP) is 4.86. The summed E-state index contributed by atoms with van der Waals surface area (Å²) >= 11 is 0. The van der Waals surface area contributed by atoms with Crippen LogP contribution in [0.5, 0.6) is 11.6 Å². The van der Waals surface area contributed by atoms with Gasteiger partial charge in [-0.3, -0.25) is 4.90 Å². The van der Waals surface area contributed by atoms with Crippen LogP contribution >= 0.6 is 0 Å². The molecule has 0 spiro atoms. The van der Waals surface area contributed by atoms with Gasteiger partial charge >= 0.3 is 0 Å². The zero-order valence-corrected chi connectivity index (χ0v) is 19.3. The lowest BCUT2D eigenvalue weighted by molar-refractivity contribution is 0.0195. The summed E-state index contributed by atoms with van der Waals surface area (Å²) in [7, 11) is 0. The van der Waals surface area contributed by atoms with Crippen LogP contribution in [0.4, 0.5) is 8.78 Å². The topological polar surface area (TPSA) is 59.8 Å². The van der Waals surface area contributed by atoms with Gasteiger partial charge in [-0.2, -0.15) is 5.10 Å². The summed E-state index contributed by atoms with van der Waals surface area (Å²) in [6.45, 7) is 8.18. The lowest BCUT2D eigenvalue weighted by Gasteiger charge is -2.25. The molecule has 2 aromatic carbocycles. The fraction of sp³-hybridized carbons (Fsp3) is 0.400. The number of nitrogens with zero attached hydrogens (tertiary/aromatic N) is 3. The summed E-state index contributed by atoms with van der Waals surface area (Å²) in [5.41, 5.74) is 2.06. The van der Waals surface area contributed by atoms with E-state index in [4.69, 9.17) is 9.47 Å². The first-order valence-corrected chi connectivity index (χ1v) is 11.2. The molecule has 0 saturated heterocycles. The number of aliphatic hydroxyl groups is 1. The van der Waals surface area contributed by atoms with Gasteiger partial charge in [0, 0.05) is 19.7 Å². The number of ether oxygens (including phenoxy) is 2. The molecule has 3 aromatic rings. The van der Waals surface area contributed by atoms with Crippen LogP contribution in [-0.2, 0) is 11.3 Å². The molecular weight excluding hydrogens is 428 g/mol. The van der Waals surface area contributed by atoms with Crippen molar-refractivity contribution in [2.24, 2.45) is 0 Å². The number of aromatic nitrogens is 2. The second kappa shape index (κ2) is 11.9. The highest BCUT2D eigenvalue weighted by atomic mass is 19.1. The van der Waals surface area contributed by atoms with E-state index in [-0.39, 0.29) is 18.2 Å². The number of halogens is 2. The van der Waals surface area contributed by atoms with E-state index in [9.17, 15) is 13.9 Å². The van der Waals surface area contributed by atoms with Crippen molar-refractivity contribution in [1.29, 1.82) is 0 Å². The maximum absolute atomic E-state index is 14.4. The SMILES string of the molecule is CCCN(Cc1c(C)nn(-c2ccc(F)cc2)c1Oc1ccccc1F)C[C@H](O)COCC. The number of benzene rings is 2. The summed E-state index contributed by atoms with van der Waals surface area (Å²) in [5.74, 6) is -0.438. The van der Waals surface area contributed by atoms with E-state index < -0.39 is 11.9 Å². The molecule has 1 N–H and O–H groups in total. The highest BCUT2D eigenvalue weighted by Crippen LogP contribution is 2.33. The molecule has 0 aliphatic carbocycles. The standard InChI is InChI=1S/C25H31F2N3O3/c1-4-14-29(15-21(31)17-32-5-2)16-22-18(3)28-30(20-12-10-19(26)11-13-20)25(22)33-24-9-7-6-8-23(24)27/h6-13,21,31H,4-5,14-17H2,1-3H3/t21-/m0/s1.